The predicted molar refractivity (Wildman–Crippen MR) is 83.5 cm³/mol. The highest BCUT2D eigenvalue weighted by atomic mass is 16.5. The van der Waals surface area contributed by atoms with Gasteiger partial charge in [0.1, 0.15) is 0 Å². The Morgan fingerprint density at radius 1 is 1.16 bits per heavy atom. The molecule has 0 aromatic rings. The summed E-state index contributed by atoms with van der Waals surface area (Å²) in [7, 11) is 1.84. The number of hydrogen-bond donors (Lipinski definition) is 1. The summed E-state index contributed by atoms with van der Waals surface area (Å²) in [6.07, 6.45) is 9.54. The van der Waals surface area contributed by atoms with Gasteiger partial charge in [-0.1, -0.05) is 33.1 Å². The van der Waals surface area contributed by atoms with Crippen LogP contribution in [0.15, 0.2) is 0 Å². The first-order chi connectivity index (χ1) is 8.89. The number of hydrogen-bond acceptors (Lipinski definition) is 2. The van der Waals surface area contributed by atoms with Crippen molar-refractivity contribution in [3.8, 4) is 0 Å². The van der Waals surface area contributed by atoms with Gasteiger partial charge in [-0.15, -0.1) is 0 Å². The van der Waals surface area contributed by atoms with Crippen molar-refractivity contribution in [1.29, 1.82) is 0 Å². The fourth-order valence-electron chi connectivity index (χ4n) is 3.11. The Bertz CT molecular complexity index is 242. The van der Waals surface area contributed by atoms with Crippen LogP contribution in [-0.2, 0) is 4.74 Å². The van der Waals surface area contributed by atoms with Gasteiger partial charge in [0, 0.05) is 13.7 Å². The molecule has 1 N–H and O–H groups in total. The van der Waals surface area contributed by atoms with E-state index in [2.05, 4.69) is 33.0 Å². The molecule has 1 rings (SSSR count). The van der Waals surface area contributed by atoms with Gasteiger partial charge >= 0.3 is 0 Å². The highest BCUT2D eigenvalue weighted by Crippen LogP contribution is 2.41. The third kappa shape index (κ3) is 6.27. The molecule has 2 heteroatoms. The Morgan fingerprint density at radius 3 is 2.32 bits per heavy atom. The standard InChI is InChI=1S/C17H35NO/c1-15(2)13-18-14-17(9-7-6-8-10-17)12-11-16(3,4)19-5/h15,18H,6-14H2,1-5H3. The first-order valence-corrected chi connectivity index (χ1v) is 8.15. The maximum Gasteiger partial charge on any atom is 0.0623 e. The van der Waals surface area contributed by atoms with Crippen LogP contribution in [0, 0.1) is 11.3 Å². The molecule has 1 aliphatic rings. The lowest BCUT2D eigenvalue weighted by atomic mass is 9.70. The molecule has 19 heavy (non-hydrogen) atoms. The van der Waals surface area contributed by atoms with Crippen molar-refractivity contribution in [3.05, 3.63) is 0 Å². The molecule has 0 aliphatic heterocycles. The van der Waals surface area contributed by atoms with E-state index in [9.17, 15) is 0 Å². The van der Waals surface area contributed by atoms with Crippen LogP contribution in [0.25, 0.3) is 0 Å². The van der Waals surface area contributed by atoms with Gasteiger partial charge in [-0.3, -0.25) is 0 Å². The van der Waals surface area contributed by atoms with E-state index >= 15 is 0 Å². The quantitative estimate of drug-likeness (QED) is 0.705. The van der Waals surface area contributed by atoms with E-state index in [0.29, 0.717) is 5.41 Å². The normalized spacial score (nSPS) is 19.9. The van der Waals surface area contributed by atoms with E-state index in [1.165, 1.54) is 51.5 Å². The van der Waals surface area contributed by atoms with Crippen molar-refractivity contribution in [2.75, 3.05) is 20.2 Å². The third-order valence-corrected chi connectivity index (χ3v) is 4.78. The molecule has 0 saturated heterocycles. The Hall–Kier alpha value is -0.0800. The van der Waals surface area contributed by atoms with Gasteiger partial charge in [0.05, 0.1) is 5.60 Å². The molecular formula is C17H35NO. The zero-order chi connectivity index (χ0) is 14.4. The van der Waals surface area contributed by atoms with Crippen LogP contribution in [0.4, 0.5) is 0 Å². The minimum absolute atomic E-state index is 0.0303. The molecule has 0 aromatic heterocycles. The van der Waals surface area contributed by atoms with Crippen molar-refractivity contribution in [2.24, 2.45) is 11.3 Å². The smallest absolute Gasteiger partial charge is 0.0623 e. The second-order valence-electron chi connectivity index (χ2n) is 7.55. The SMILES string of the molecule is COC(C)(C)CCC1(CNCC(C)C)CCCCC1. The van der Waals surface area contributed by atoms with E-state index in [0.717, 1.165) is 12.5 Å². The topological polar surface area (TPSA) is 21.3 Å². The second kappa shape index (κ2) is 7.64. The highest BCUT2D eigenvalue weighted by Gasteiger charge is 2.33. The Balaban J connectivity index is 2.49. The van der Waals surface area contributed by atoms with Crippen LogP contribution in [0.3, 0.4) is 0 Å². The van der Waals surface area contributed by atoms with Crippen molar-refractivity contribution >= 4 is 0 Å². The molecule has 1 fully saturated rings. The van der Waals surface area contributed by atoms with E-state index in [4.69, 9.17) is 4.74 Å². The van der Waals surface area contributed by atoms with Crippen LogP contribution in [0.1, 0.15) is 72.6 Å². The van der Waals surface area contributed by atoms with Crippen molar-refractivity contribution < 1.29 is 4.74 Å². The summed E-state index contributed by atoms with van der Waals surface area (Å²) in [5.74, 6) is 0.746. The van der Waals surface area contributed by atoms with Crippen LogP contribution in [0.5, 0.6) is 0 Å². The molecule has 0 bridgehead atoms. The Kier molecular flexibility index (Phi) is 6.82. The fourth-order valence-corrected chi connectivity index (χ4v) is 3.11. The lowest BCUT2D eigenvalue weighted by Gasteiger charge is -2.40. The number of ether oxygens (including phenoxy) is 1. The monoisotopic (exact) mass is 269 g/mol. The van der Waals surface area contributed by atoms with Crippen LogP contribution >= 0.6 is 0 Å². The molecule has 0 heterocycles. The minimum Gasteiger partial charge on any atom is -0.379 e. The molecule has 1 aliphatic carbocycles. The number of nitrogens with one attached hydrogen (secondary N) is 1. The van der Waals surface area contributed by atoms with Gasteiger partial charge in [-0.2, -0.15) is 0 Å². The van der Waals surface area contributed by atoms with Crippen molar-refractivity contribution in [3.63, 3.8) is 0 Å². The van der Waals surface area contributed by atoms with Crippen LogP contribution in [-0.4, -0.2) is 25.8 Å². The Labute approximate surface area is 120 Å². The molecule has 0 radical (unpaired) electrons. The molecule has 2 nitrogen and oxygen atoms in total. The lowest BCUT2D eigenvalue weighted by Crippen LogP contribution is -2.39. The fraction of sp³-hybridized carbons (Fsp3) is 1.00. The van der Waals surface area contributed by atoms with Gasteiger partial charge in [0.25, 0.3) is 0 Å². The molecule has 0 aromatic carbocycles. The Morgan fingerprint density at radius 2 is 1.79 bits per heavy atom. The van der Waals surface area contributed by atoms with E-state index in [-0.39, 0.29) is 5.60 Å². The maximum absolute atomic E-state index is 5.60. The van der Waals surface area contributed by atoms with Crippen molar-refractivity contribution in [1.82, 2.24) is 5.32 Å². The lowest BCUT2D eigenvalue weighted by molar-refractivity contribution is -0.000909. The largest absolute Gasteiger partial charge is 0.379 e. The van der Waals surface area contributed by atoms with E-state index < -0.39 is 0 Å². The molecule has 0 spiro atoms. The average molecular weight is 269 g/mol. The summed E-state index contributed by atoms with van der Waals surface area (Å²) in [6.45, 7) is 11.3. The summed E-state index contributed by atoms with van der Waals surface area (Å²) in [5, 5.41) is 3.71. The summed E-state index contributed by atoms with van der Waals surface area (Å²) < 4.78 is 5.60. The molecule has 1 saturated carbocycles. The van der Waals surface area contributed by atoms with Gasteiger partial charge in [-0.25, -0.2) is 0 Å². The molecule has 0 amide bonds. The number of rotatable bonds is 8. The summed E-state index contributed by atoms with van der Waals surface area (Å²) in [5.41, 5.74) is 0.561. The van der Waals surface area contributed by atoms with Gasteiger partial charge in [-0.05, 0) is 57.4 Å². The molecule has 0 atom stereocenters. The molecule has 114 valence electrons. The predicted octanol–water partition coefficient (Wildman–Crippen LogP) is 4.39. The summed E-state index contributed by atoms with van der Waals surface area (Å²) >= 11 is 0. The second-order valence-corrected chi connectivity index (χ2v) is 7.55. The average Bonchev–Trinajstić information content (AvgIpc) is 2.38. The van der Waals surface area contributed by atoms with Crippen molar-refractivity contribution in [2.45, 2.75) is 78.2 Å². The van der Waals surface area contributed by atoms with E-state index in [1.807, 2.05) is 7.11 Å². The van der Waals surface area contributed by atoms with Crippen LogP contribution in [0.2, 0.25) is 0 Å². The maximum atomic E-state index is 5.60. The summed E-state index contributed by atoms with van der Waals surface area (Å²) in [6, 6.07) is 0. The van der Waals surface area contributed by atoms with E-state index in [1.54, 1.807) is 0 Å². The van der Waals surface area contributed by atoms with Gasteiger partial charge in [0.2, 0.25) is 0 Å². The van der Waals surface area contributed by atoms with Gasteiger partial charge in [0.15, 0.2) is 0 Å². The zero-order valence-corrected chi connectivity index (χ0v) is 13.8. The summed E-state index contributed by atoms with van der Waals surface area (Å²) in [4.78, 5) is 0. The molecule has 0 unspecified atom stereocenters. The van der Waals surface area contributed by atoms with Gasteiger partial charge < -0.3 is 10.1 Å². The first-order valence-electron chi connectivity index (χ1n) is 8.15. The van der Waals surface area contributed by atoms with Crippen LogP contribution < -0.4 is 5.32 Å². The zero-order valence-electron chi connectivity index (χ0n) is 13.8. The number of methoxy groups -OCH3 is 1. The third-order valence-electron chi connectivity index (χ3n) is 4.78. The first kappa shape index (κ1) is 17.0. The minimum atomic E-state index is 0.0303. The molecular weight excluding hydrogens is 234 g/mol. The highest BCUT2D eigenvalue weighted by molar-refractivity contribution is 4.87.